The van der Waals surface area contributed by atoms with Crippen molar-refractivity contribution in [3.05, 3.63) is 59.2 Å². The summed E-state index contributed by atoms with van der Waals surface area (Å²) >= 11 is 0. The summed E-state index contributed by atoms with van der Waals surface area (Å²) in [6.07, 6.45) is 0.212. The Morgan fingerprint density at radius 1 is 1.12 bits per heavy atom. The molecular formula is C20H23NO5. The minimum absolute atomic E-state index is 0.0528. The fourth-order valence-corrected chi connectivity index (χ4v) is 2.53. The van der Waals surface area contributed by atoms with Gasteiger partial charge >= 0.3 is 5.97 Å². The lowest BCUT2D eigenvalue weighted by atomic mass is 10.1. The Morgan fingerprint density at radius 2 is 1.88 bits per heavy atom. The van der Waals surface area contributed by atoms with E-state index in [0.29, 0.717) is 17.0 Å². The molecule has 6 nitrogen and oxygen atoms in total. The SMILES string of the molecule is COCc1cc(NC(=O)Cc2cccc(OC(C)C)c2)cc(C(=O)O)c1. The van der Waals surface area contributed by atoms with Crippen LogP contribution in [0.4, 0.5) is 5.69 Å². The molecule has 2 aromatic rings. The topological polar surface area (TPSA) is 84.9 Å². The van der Waals surface area contributed by atoms with Crippen LogP contribution in [0.1, 0.15) is 35.3 Å². The third-order valence-corrected chi connectivity index (χ3v) is 3.47. The first-order valence-electron chi connectivity index (χ1n) is 8.29. The van der Waals surface area contributed by atoms with Crippen LogP contribution < -0.4 is 10.1 Å². The van der Waals surface area contributed by atoms with Gasteiger partial charge in [-0.15, -0.1) is 0 Å². The quantitative estimate of drug-likeness (QED) is 0.755. The lowest BCUT2D eigenvalue weighted by molar-refractivity contribution is -0.115. The van der Waals surface area contributed by atoms with Crippen LogP contribution >= 0.6 is 0 Å². The molecule has 0 radical (unpaired) electrons. The number of ether oxygens (including phenoxy) is 2. The molecular weight excluding hydrogens is 334 g/mol. The smallest absolute Gasteiger partial charge is 0.335 e. The number of carbonyl (C=O) groups is 2. The molecule has 0 spiro atoms. The first kappa shape index (κ1) is 19.5. The van der Waals surface area contributed by atoms with Gasteiger partial charge in [0.15, 0.2) is 0 Å². The maximum absolute atomic E-state index is 12.3. The van der Waals surface area contributed by atoms with Crippen LogP contribution in [0.25, 0.3) is 0 Å². The molecule has 2 aromatic carbocycles. The zero-order valence-corrected chi connectivity index (χ0v) is 15.1. The van der Waals surface area contributed by atoms with E-state index in [4.69, 9.17) is 9.47 Å². The van der Waals surface area contributed by atoms with Crippen molar-refractivity contribution in [2.75, 3.05) is 12.4 Å². The molecule has 0 saturated heterocycles. The first-order valence-corrected chi connectivity index (χ1v) is 8.29. The van der Waals surface area contributed by atoms with Crippen LogP contribution in [0.2, 0.25) is 0 Å². The summed E-state index contributed by atoms with van der Waals surface area (Å²) in [6, 6.07) is 12.0. The number of benzene rings is 2. The van der Waals surface area contributed by atoms with Crippen LogP contribution in [0, 0.1) is 0 Å². The van der Waals surface area contributed by atoms with Gasteiger partial charge in [-0.25, -0.2) is 4.79 Å². The number of carboxylic acid groups (broad SMARTS) is 1. The van der Waals surface area contributed by atoms with Crippen molar-refractivity contribution in [3.63, 3.8) is 0 Å². The van der Waals surface area contributed by atoms with E-state index in [-0.39, 0.29) is 30.6 Å². The van der Waals surface area contributed by atoms with Gasteiger partial charge in [0.2, 0.25) is 5.91 Å². The number of methoxy groups -OCH3 is 1. The minimum Gasteiger partial charge on any atom is -0.491 e. The Kier molecular flexibility index (Phi) is 6.74. The van der Waals surface area contributed by atoms with Crippen molar-refractivity contribution in [2.24, 2.45) is 0 Å². The fourth-order valence-electron chi connectivity index (χ4n) is 2.53. The maximum atomic E-state index is 12.3. The molecule has 0 aliphatic rings. The lowest BCUT2D eigenvalue weighted by Crippen LogP contribution is -2.15. The lowest BCUT2D eigenvalue weighted by Gasteiger charge is -2.12. The second-order valence-corrected chi connectivity index (χ2v) is 6.20. The van der Waals surface area contributed by atoms with Gasteiger partial charge in [0, 0.05) is 12.8 Å². The highest BCUT2D eigenvalue weighted by molar-refractivity contribution is 5.95. The third-order valence-electron chi connectivity index (χ3n) is 3.47. The monoisotopic (exact) mass is 357 g/mol. The van der Waals surface area contributed by atoms with Crippen LogP contribution in [0.3, 0.4) is 0 Å². The van der Waals surface area contributed by atoms with Gasteiger partial charge in [-0.05, 0) is 55.3 Å². The van der Waals surface area contributed by atoms with Crippen molar-refractivity contribution < 1.29 is 24.2 Å². The molecule has 138 valence electrons. The Balaban J connectivity index is 2.11. The summed E-state index contributed by atoms with van der Waals surface area (Å²) in [5.41, 5.74) is 2.01. The number of anilines is 1. The summed E-state index contributed by atoms with van der Waals surface area (Å²) in [4.78, 5) is 23.6. The predicted octanol–water partition coefficient (Wildman–Crippen LogP) is 3.50. The van der Waals surface area contributed by atoms with E-state index < -0.39 is 5.97 Å². The first-order chi connectivity index (χ1) is 12.4. The number of aromatic carboxylic acids is 1. The molecule has 0 fully saturated rings. The Bertz CT molecular complexity index is 786. The van der Waals surface area contributed by atoms with Gasteiger partial charge in [-0.1, -0.05) is 12.1 Å². The van der Waals surface area contributed by atoms with Gasteiger partial charge in [-0.2, -0.15) is 0 Å². The standard InChI is InChI=1S/C20H23NO5/c1-13(2)26-18-6-4-5-14(9-18)10-19(22)21-17-8-15(12-25-3)7-16(11-17)20(23)24/h4-9,11,13H,10,12H2,1-3H3,(H,21,22)(H,23,24). The van der Waals surface area contributed by atoms with Gasteiger partial charge in [0.25, 0.3) is 0 Å². The normalized spacial score (nSPS) is 10.6. The second kappa shape index (κ2) is 9.01. The molecule has 0 unspecified atom stereocenters. The molecule has 0 bridgehead atoms. The molecule has 0 aliphatic heterocycles. The highest BCUT2D eigenvalue weighted by Gasteiger charge is 2.11. The molecule has 0 aromatic heterocycles. The summed E-state index contributed by atoms with van der Waals surface area (Å²) in [6.45, 7) is 4.14. The number of carboxylic acids is 1. The molecule has 6 heteroatoms. The van der Waals surface area contributed by atoms with Crippen molar-refractivity contribution >= 4 is 17.6 Å². The molecule has 2 N–H and O–H groups in total. The van der Waals surface area contributed by atoms with E-state index in [2.05, 4.69) is 5.32 Å². The Morgan fingerprint density at radius 3 is 2.54 bits per heavy atom. The molecule has 0 aliphatic carbocycles. The van der Waals surface area contributed by atoms with Gasteiger partial charge in [0.05, 0.1) is 24.7 Å². The molecule has 0 saturated carbocycles. The van der Waals surface area contributed by atoms with E-state index >= 15 is 0 Å². The Labute approximate surface area is 152 Å². The van der Waals surface area contributed by atoms with Crippen LogP contribution in [0.5, 0.6) is 5.75 Å². The third kappa shape index (κ3) is 5.89. The van der Waals surface area contributed by atoms with Gasteiger partial charge in [-0.3, -0.25) is 4.79 Å². The van der Waals surface area contributed by atoms with Crippen molar-refractivity contribution in [3.8, 4) is 5.75 Å². The molecule has 26 heavy (non-hydrogen) atoms. The van der Waals surface area contributed by atoms with Crippen molar-refractivity contribution in [1.82, 2.24) is 0 Å². The fraction of sp³-hybridized carbons (Fsp3) is 0.300. The molecule has 0 heterocycles. The summed E-state index contributed by atoms with van der Waals surface area (Å²) in [5, 5.41) is 12.0. The van der Waals surface area contributed by atoms with Crippen LogP contribution in [-0.4, -0.2) is 30.2 Å². The number of hydrogen-bond donors (Lipinski definition) is 2. The molecule has 2 rings (SSSR count). The number of rotatable bonds is 8. The maximum Gasteiger partial charge on any atom is 0.335 e. The largest absolute Gasteiger partial charge is 0.491 e. The number of carbonyl (C=O) groups excluding carboxylic acids is 1. The number of amides is 1. The van der Waals surface area contributed by atoms with Crippen LogP contribution in [-0.2, 0) is 22.6 Å². The van der Waals surface area contributed by atoms with E-state index in [1.165, 1.54) is 19.2 Å². The highest BCUT2D eigenvalue weighted by Crippen LogP contribution is 2.18. The number of nitrogens with one attached hydrogen (secondary N) is 1. The van der Waals surface area contributed by atoms with Gasteiger partial charge < -0.3 is 19.9 Å². The summed E-state index contributed by atoms with van der Waals surface area (Å²) in [5.74, 6) is -0.588. The molecule has 1 amide bonds. The Hall–Kier alpha value is -2.86. The van der Waals surface area contributed by atoms with E-state index in [1.807, 2.05) is 38.1 Å². The van der Waals surface area contributed by atoms with Gasteiger partial charge in [0.1, 0.15) is 5.75 Å². The predicted molar refractivity (Wildman–Crippen MR) is 98.7 cm³/mol. The second-order valence-electron chi connectivity index (χ2n) is 6.20. The highest BCUT2D eigenvalue weighted by atomic mass is 16.5. The molecule has 0 atom stereocenters. The average molecular weight is 357 g/mol. The summed E-state index contributed by atoms with van der Waals surface area (Å²) < 4.78 is 10.7. The van der Waals surface area contributed by atoms with E-state index in [9.17, 15) is 14.7 Å². The zero-order valence-electron chi connectivity index (χ0n) is 15.1. The summed E-state index contributed by atoms with van der Waals surface area (Å²) in [7, 11) is 1.53. The van der Waals surface area contributed by atoms with E-state index in [0.717, 1.165) is 5.56 Å². The number of hydrogen-bond acceptors (Lipinski definition) is 4. The van der Waals surface area contributed by atoms with Crippen molar-refractivity contribution in [2.45, 2.75) is 33.0 Å². The average Bonchev–Trinajstić information content (AvgIpc) is 2.54. The zero-order chi connectivity index (χ0) is 19.1. The van der Waals surface area contributed by atoms with E-state index in [1.54, 1.807) is 6.07 Å². The van der Waals surface area contributed by atoms with Crippen LogP contribution in [0.15, 0.2) is 42.5 Å². The van der Waals surface area contributed by atoms with Crippen molar-refractivity contribution in [1.29, 1.82) is 0 Å². The minimum atomic E-state index is -1.06.